The van der Waals surface area contributed by atoms with Gasteiger partial charge in [-0.25, -0.2) is 15.5 Å². The van der Waals surface area contributed by atoms with Crippen molar-refractivity contribution in [2.45, 2.75) is 19.8 Å². The molecule has 2 aromatic carbocycles. The molecule has 0 bridgehead atoms. The maximum absolute atomic E-state index is 11.7. The number of hydroxylamine groups is 1. The first-order chi connectivity index (χ1) is 13.6. The quantitative estimate of drug-likeness (QED) is 0.364. The minimum atomic E-state index is -0.550. The molecule has 3 N–H and O–H groups in total. The summed E-state index contributed by atoms with van der Waals surface area (Å²) in [4.78, 5) is 21.2. The lowest BCUT2D eigenvalue weighted by Gasteiger charge is -2.17. The number of hydrogen-bond acceptors (Lipinski definition) is 5. The van der Waals surface area contributed by atoms with Crippen LogP contribution in [0.4, 0.5) is 17.2 Å². The minimum Gasteiger partial charge on any atom is -0.338 e. The third-order valence-corrected chi connectivity index (χ3v) is 4.75. The number of aromatic nitrogens is 1. The van der Waals surface area contributed by atoms with E-state index in [2.05, 4.69) is 24.1 Å². The highest BCUT2D eigenvalue weighted by Gasteiger charge is 2.23. The van der Waals surface area contributed by atoms with Crippen LogP contribution in [-0.4, -0.2) is 21.8 Å². The van der Waals surface area contributed by atoms with Gasteiger partial charge in [0.15, 0.2) is 0 Å². The average Bonchev–Trinajstić information content (AvgIpc) is 2.89. The van der Waals surface area contributed by atoms with Gasteiger partial charge in [-0.3, -0.25) is 10.0 Å². The summed E-state index contributed by atoms with van der Waals surface area (Å²) >= 11 is 0. The molecule has 0 fully saturated rings. The number of anilines is 2. The van der Waals surface area contributed by atoms with Crippen LogP contribution < -0.4 is 10.8 Å². The monoisotopic (exact) mass is 372 g/mol. The molecule has 1 aromatic heterocycles. The molecular weight excluding hydrogens is 352 g/mol. The number of carbonyl (C=O) groups is 1. The fourth-order valence-electron chi connectivity index (χ4n) is 3.34. The summed E-state index contributed by atoms with van der Waals surface area (Å²) in [6.45, 7) is 4.28. The molecule has 6 heteroatoms. The van der Waals surface area contributed by atoms with Gasteiger partial charge in [-0.1, -0.05) is 38.1 Å². The lowest BCUT2D eigenvalue weighted by molar-refractivity contribution is 0.0706. The Kier molecular flexibility index (Phi) is 4.63. The van der Waals surface area contributed by atoms with Crippen molar-refractivity contribution in [3.05, 3.63) is 83.0 Å². The van der Waals surface area contributed by atoms with Gasteiger partial charge < -0.3 is 5.32 Å². The number of nitrogens with one attached hydrogen (secondary N) is 2. The number of pyridine rings is 1. The third kappa shape index (κ3) is 3.14. The van der Waals surface area contributed by atoms with Crippen molar-refractivity contribution in [1.82, 2.24) is 10.5 Å². The summed E-state index contributed by atoms with van der Waals surface area (Å²) in [5, 5.41) is 12.3. The lowest BCUT2D eigenvalue weighted by Crippen LogP contribution is -2.18. The zero-order chi connectivity index (χ0) is 19.7. The maximum Gasteiger partial charge on any atom is 0.274 e. The van der Waals surface area contributed by atoms with Gasteiger partial charge in [-0.2, -0.15) is 0 Å². The normalized spacial score (nSPS) is 12.4. The first-order valence-electron chi connectivity index (χ1n) is 9.07. The first kappa shape index (κ1) is 17.9. The van der Waals surface area contributed by atoms with E-state index in [1.54, 1.807) is 23.8 Å². The summed E-state index contributed by atoms with van der Waals surface area (Å²) in [6.07, 6.45) is 1.81. The van der Waals surface area contributed by atoms with Gasteiger partial charge in [0, 0.05) is 22.9 Å². The van der Waals surface area contributed by atoms with E-state index >= 15 is 0 Å². The number of benzene rings is 2. The molecule has 0 spiro atoms. The summed E-state index contributed by atoms with van der Waals surface area (Å²) in [5.74, 6) is 0.489. The van der Waals surface area contributed by atoms with E-state index in [1.165, 1.54) is 0 Å². The van der Waals surface area contributed by atoms with E-state index < -0.39 is 5.91 Å². The molecule has 1 aliphatic heterocycles. The van der Waals surface area contributed by atoms with Gasteiger partial charge in [0.25, 0.3) is 5.91 Å². The van der Waals surface area contributed by atoms with Crippen molar-refractivity contribution in [2.24, 2.45) is 4.99 Å². The van der Waals surface area contributed by atoms with Crippen LogP contribution in [0.25, 0.3) is 0 Å². The van der Waals surface area contributed by atoms with Crippen molar-refractivity contribution in [1.29, 1.82) is 0 Å². The second-order valence-electron chi connectivity index (χ2n) is 6.90. The number of fused-ring (bicyclic) bond motifs is 2. The number of carbonyl (C=O) groups excluding carboxylic acids is 1. The highest BCUT2D eigenvalue weighted by Crippen LogP contribution is 2.37. The number of amides is 1. The van der Waals surface area contributed by atoms with Gasteiger partial charge in [0.2, 0.25) is 0 Å². The number of para-hydroxylation sites is 2. The Morgan fingerprint density at radius 1 is 1.07 bits per heavy atom. The predicted molar refractivity (Wildman–Crippen MR) is 109 cm³/mol. The zero-order valence-electron chi connectivity index (χ0n) is 15.6. The average molecular weight is 372 g/mol. The van der Waals surface area contributed by atoms with Gasteiger partial charge in [0.05, 0.1) is 17.1 Å². The Morgan fingerprint density at radius 2 is 1.82 bits per heavy atom. The topological polar surface area (TPSA) is 86.6 Å². The molecular formula is C22H20N4O2. The molecule has 0 atom stereocenters. The molecule has 3 aromatic rings. The van der Waals surface area contributed by atoms with Gasteiger partial charge in [0.1, 0.15) is 5.82 Å². The van der Waals surface area contributed by atoms with Crippen molar-refractivity contribution in [2.75, 3.05) is 5.32 Å². The fourth-order valence-corrected chi connectivity index (χ4v) is 3.34. The molecule has 0 radical (unpaired) electrons. The molecule has 28 heavy (non-hydrogen) atoms. The largest absolute Gasteiger partial charge is 0.338 e. The predicted octanol–water partition coefficient (Wildman–Crippen LogP) is 4.55. The van der Waals surface area contributed by atoms with Crippen LogP contribution in [0.5, 0.6) is 0 Å². The summed E-state index contributed by atoms with van der Waals surface area (Å²) < 4.78 is 0. The second kappa shape index (κ2) is 7.25. The smallest absolute Gasteiger partial charge is 0.274 e. The van der Waals surface area contributed by atoms with Gasteiger partial charge in [-0.15, -0.1) is 0 Å². The molecule has 0 unspecified atom stereocenters. The molecule has 6 nitrogen and oxygen atoms in total. The molecule has 140 valence electrons. The third-order valence-electron chi connectivity index (χ3n) is 4.75. The molecule has 0 saturated heterocycles. The minimum absolute atomic E-state index is 0.282. The van der Waals surface area contributed by atoms with E-state index in [1.807, 2.05) is 42.5 Å². The molecule has 2 heterocycles. The zero-order valence-corrected chi connectivity index (χ0v) is 15.6. The number of nitrogens with zero attached hydrogens (tertiary/aromatic N) is 2. The van der Waals surface area contributed by atoms with Crippen LogP contribution in [0.1, 0.15) is 46.8 Å². The van der Waals surface area contributed by atoms with E-state index in [9.17, 15) is 4.79 Å². The van der Waals surface area contributed by atoms with Crippen LogP contribution in [0, 0.1) is 0 Å². The SMILES string of the molecule is CC(C)c1ccnc2c1C(c1ccc(C(=O)NO)cc1)=Nc1ccccc1N2. The number of aliphatic imine (C=N–C) groups is 1. The Hall–Kier alpha value is -3.51. The van der Waals surface area contributed by atoms with Crippen LogP contribution >= 0.6 is 0 Å². The van der Waals surface area contributed by atoms with E-state index in [0.29, 0.717) is 5.56 Å². The van der Waals surface area contributed by atoms with E-state index in [4.69, 9.17) is 10.2 Å². The number of rotatable bonds is 3. The molecule has 4 rings (SSSR count). The number of hydrogen-bond donors (Lipinski definition) is 3. The highest BCUT2D eigenvalue weighted by atomic mass is 16.5. The van der Waals surface area contributed by atoms with E-state index in [0.717, 1.165) is 39.6 Å². The first-order valence-corrected chi connectivity index (χ1v) is 9.07. The Balaban J connectivity index is 1.94. The Labute approximate surface area is 162 Å². The van der Waals surface area contributed by atoms with Gasteiger partial charge in [-0.05, 0) is 41.8 Å². The van der Waals surface area contributed by atoms with Crippen molar-refractivity contribution in [3.8, 4) is 0 Å². The van der Waals surface area contributed by atoms with Crippen molar-refractivity contribution >= 4 is 28.8 Å². The maximum atomic E-state index is 11.7. The molecule has 0 aliphatic carbocycles. The Bertz CT molecular complexity index is 1070. The molecule has 0 saturated carbocycles. The summed E-state index contributed by atoms with van der Waals surface area (Å²) in [7, 11) is 0. The lowest BCUT2D eigenvalue weighted by atomic mass is 9.92. The second-order valence-corrected chi connectivity index (χ2v) is 6.90. The molecule has 1 amide bonds. The summed E-state index contributed by atoms with van der Waals surface area (Å²) in [5.41, 5.74) is 7.49. The van der Waals surface area contributed by atoms with Crippen LogP contribution in [0.3, 0.4) is 0 Å². The van der Waals surface area contributed by atoms with Crippen LogP contribution in [0.15, 0.2) is 65.8 Å². The highest BCUT2D eigenvalue weighted by molar-refractivity contribution is 6.19. The standard InChI is InChI=1S/C22H20N4O2/c1-13(2)16-11-12-23-21-19(16)20(24-17-5-3-4-6-18(17)25-21)14-7-9-15(10-8-14)22(27)26-28/h3-13,28H,1-2H3,(H,23,25)(H,26,27). The van der Waals surface area contributed by atoms with Crippen molar-refractivity contribution < 1.29 is 10.0 Å². The summed E-state index contributed by atoms with van der Waals surface area (Å²) in [6, 6.07) is 16.8. The van der Waals surface area contributed by atoms with Gasteiger partial charge >= 0.3 is 0 Å². The van der Waals surface area contributed by atoms with Crippen LogP contribution in [0.2, 0.25) is 0 Å². The van der Waals surface area contributed by atoms with E-state index in [-0.39, 0.29) is 5.92 Å². The van der Waals surface area contributed by atoms with Crippen LogP contribution in [-0.2, 0) is 0 Å². The Morgan fingerprint density at radius 3 is 2.54 bits per heavy atom. The molecule has 1 aliphatic rings. The fraction of sp³-hybridized carbons (Fsp3) is 0.136. The van der Waals surface area contributed by atoms with Crippen molar-refractivity contribution in [3.63, 3.8) is 0 Å².